The Hall–Kier alpha value is -1.27. The van der Waals surface area contributed by atoms with Gasteiger partial charge in [0.25, 0.3) is 0 Å². The molecule has 0 aromatic heterocycles. The molecule has 1 aromatic rings. The maximum absolute atomic E-state index is 12.6. The lowest BCUT2D eigenvalue weighted by Gasteiger charge is -2.22. The number of fused-ring (bicyclic) bond motifs is 1. The Morgan fingerprint density at radius 1 is 1.33 bits per heavy atom. The van der Waals surface area contributed by atoms with Gasteiger partial charge >= 0.3 is 0 Å². The first kappa shape index (κ1) is 16.1. The number of hydrogen-bond acceptors (Lipinski definition) is 4. The summed E-state index contributed by atoms with van der Waals surface area (Å²) in [6.45, 7) is 6.55. The van der Waals surface area contributed by atoms with Gasteiger partial charge in [-0.3, -0.25) is 0 Å². The highest BCUT2D eigenvalue weighted by molar-refractivity contribution is 7.89. The molecule has 1 atom stereocenters. The lowest BCUT2D eigenvalue weighted by molar-refractivity contribution is 0.280. The second-order valence-corrected chi connectivity index (χ2v) is 7.79. The average molecular weight is 312 g/mol. The lowest BCUT2D eigenvalue weighted by Crippen LogP contribution is -2.34. The fourth-order valence-electron chi connectivity index (χ4n) is 2.75. The van der Waals surface area contributed by atoms with Crippen LogP contribution in [0.15, 0.2) is 17.0 Å². The van der Waals surface area contributed by atoms with Crippen LogP contribution in [-0.2, 0) is 16.4 Å². The smallest absolute Gasteiger partial charge is 0.244 e. The monoisotopic (exact) mass is 312 g/mol. The van der Waals surface area contributed by atoms with Crippen molar-refractivity contribution >= 4 is 15.7 Å². The van der Waals surface area contributed by atoms with Crippen LogP contribution in [0.2, 0.25) is 0 Å². The quantitative estimate of drug-likeness (QED) is 0.817. The van der Waals surface area contributed by atoms with Gasteiger partial charge in [-0.1, -0.05) is 13.8 Å². The number of rotatable bonds is 5. The van der Waals surface area contributed by atoms with Crippen LogP contribution in [-0.4, -0.2) is 21.1 Å². The molecule has 0 radical (unpaired) electrons. The first-order valence-corrected chi connectivity index (χ1v) is 8.85. The second-order valence-electron chi connectivity index (χ2n) is 6.11. The minimum atomic E-state index is -3.62. The molecule has 5 nitrogen and oxygen atoms in total. The molecule has 0 amide bonds. The van der Waals surface area contributed by atoms with Crippen molar-refractivity contribution in [2.45, 2.75) is 51.0 Å². The van der Waals surface area contributed by atoms with Crippen LogP contribution >= 0.6 is 0 Å². The summed E-state index contributed by atoms with van der Waals surface area (Å²) >= 11 is 0. The van der Waals surface area contributed by atoms with E-state index in [4.69, 9.17) is 10.5 Å². The summed E-state index contributed by atoms with van der Waals surface area (Å²) in [4.78, 5) is 0.160. The van der Waals surface area contributed by atoms with Gasteiger partial charge in [-0.2, -0.15) is 0 Å². The van der Waals surface area contributed by atoms with Gasteiger partial charge in [0.15, 0.2) is 0 Å². The molecule has 6 heteroatoms. The van der Waals surface area contributed by atoms with E-state index >= 15 is 0 Å². The molecule has 3 N–H and O–H groups in total. The molecule has 1 aromatic carbocycles. The predicted molar refractivity (Wildman–Crippen MR) is 83.9 cm³/mol. The van der Waals surface area contributed by atoms with E-state index in [1.54, 1.807) is 6.07 Å². The molecule has 1 unspecified atom stereocenters. The largest absolute Gasteiger partial charge is 0.492 e. The Kier molecular flexibility index (Phi) is 4.78. The van der Waals surface area contributed by atoms with Gasteiger partial charge in [0.2, 0.25) is 10.0 Å². The summed E-state index contributed by atoms with van der Waals surface area (Å²) in [6, 6.07) is 3.15. The molecule has 0 spiro atoms. The number of nitrogens with two attached hydrogens (primary N) is 1. The molecule has 0 bridgehead atoms. The first-order valence-electron chi connectivity index (χ1n) is 7.37. The van der Waals surface area contributed by atoms with Crippen molar-refractivity contribution in [3.63, 3.8) is 0 Å². The van der Waals surface area contributed by atoms with Crippen LogP contribution in [0, 0.1) is 5.92 Å². The fraction of sp³-hybridized carbons (Fsp3) is 0.600. The third-order valence-corrected chi connectivity index (χ3v) is 5.06. The minimum absolute atomic E-state index is 0.129. The zero-order valence-electron chi connectivity index (χ0n) is 12.8. The van der Waals surface area contributed by atoms with E-state index in [1.807, 2.05) is 6.92 Å². The van der Waals surface area contributed by atoms with Gasteiger partial charge in [-0.05, 0) is 49.8 Å². The molecule has 0 saturated carbocycles. The summed E-state index contributed by atoms with van der Waals surface area (Å²) in [6.07, 6.45) is 2.46. The fourth-order valence-corrected chi connectivity index (χ4v) is 4.23. The second kappa shape index (κ2) is 6.23. The average Bonchev–Trinajstić information content (AvgIpc) is 2.35. The molecule has 118 valence electrons. The summed E-state index contributed by atoms with van der Waals surface area (Å²) in [5.74, 6) is 0.883. The zero-order chi connectivity index (χ0) is 15.6. The van der Waals surface area contributed by atoms with Gasteiger partial charge in [0.05, 0.1) is 6.61 Å². The van der Waals surface area contributed by atoms with Crippen molar-refractivity contribution in [2.75, 3.05) is 12.3 Å². The Bertz CT molecular complexity index is 612. The number of nitrogens with one attached hydrogen (secondary N) is 1. The molecule has 1 aliphatic heterocycles. The standard InChI is InChI=1S/C15H24N2O3S/c1-10(2)7-11(3)17-21(18,19)14-9-13(16)8-12-5-4-6-20-15(12)14/h8-11,17H,4-7,16H2,1-3H3. The molecule has 0 saturated heterocycles. The summed E-state index contributed by atoms with van der Waals surface area (Å²) in [5.41, 5.74) is 7.17. The third kappa shape index (κ3) is 3.89. The summed E-state index contributed by atoms with van der Waals surface area (Å²) in [5, 5.41) is 0. The normalized spacial score (nSPS) is 16.4. The van der Waals surface area contributed by atoms with Crippen molar-refractivity contribution < 1.29 is 13.2 Å². The van der Waals surface area contributed by atoms with Crippen LogP contribution in [0.25, 0.3) is 0 Å². The van der Waals surface area contributed by atoms with Gasteiger partial charge < -0.3 is 10.5 Å². The Morgan fingerprint density at radius 3 is 2.71 bits per heavy atom. The molecule has 1 aliphatic rings. The number of benzene rings is 1. The number of ether oxygens (including phenoxy) is 1. The summed E-state index contributed by atoms with van der Waals surface area (Å²) in [7, 11) is -3.62. The highest BCUT2D eigenvalue weighted by atomic mass is 32.2. The van der Waals surface area contributed by atoms with Crippen LogP contribution < -0.4 is 15.2 Å². The Balaban J connectivity index is 2.34. The number of nitrogen functional groups attached to an aromatic ring is 1. The van der Waals surface area contributed by atoms with Gasteiger partial charge in [-0.15, -0.1) is 0 Å². The highest BCUT2D eigenvalue weighted by Crippen LogP contribution is 2.34. The van der Waals surface area contributed by atoms with Crippen LogP contribution in [0.1, 0.15) is 39.2 Å². The van der Waals surface area contributed by atoms with Gasteiger partial charge in [-0.25, -0.2) is 13.1 Å². The molecule has 1 heterocycles. The van der Waals surface area contributed by atoms with E-state index < -0.39 is 10.0 Å². The number of sulfonamides is 1. The first-order chi connectivity index (χ1) is 9.79. The lowest BCUT2D eigenvalue weighted by atomic mass is 10.1. The zero-order valence-corrected chi connectivity index (χ0v) is 13.7. The molecule has 2 rings (SSSR count). The maximum Gasteiger partial charge on any atom is 0.244 e. The van der Waals surface area contributed by atoms with Crippen molar-refractivity contribution in [1.82, 2.24) is 4.72 Å². The molecular formula is C15H24N2O3S. The third-order valence-electron chi connectivity index (χ3n) is 3.46. The molecule has 0 aliphatic carbocycles. The number of aryl methyl sites for hydroxylation is 1. The van der Waals surface area contributed by atoms with Crippen molar-refractivity contribution in [1.29, 1.82) is 0 Å². The Morgan fingerprint density at radius 2 is 2.05 bits per heavy atom. The van der Waals surface area contributed by atoms with E-state index in [9.17, 15) is 8.42 Å². The van der Waals surface area contributed by atoms with Crippen LogP contribution in [0.3, 0.4) is 0 Å². The van der Waals surface area contributed by atoms with Crippen molar-refractivity contribution in [2.24, 2.45) is 5.92 Å². The van der Waals surface area contributed by atoms with Crippen molar-refractivity contribution in [3.05, 3.63) is 17.7 Å². The van der Waals surface area contributed by atoms with E-state index in [1.165, 1.54) is 6.07 Å². The molecule has 0 fully saturated rings. The minimum Gasteiger partial charge on any atom is -0.492 e. The SMILES string of the molecule is CC(C)CC(C)NS(=O)(=O)c1cc(N)cc2c1OCCC2. The maximum atomic E-state index is 12.6. The van der Waals surface area contributed by atoms with Gasteiger partial charge in [0.1, 0.15) is 10.6 Å². The van der Waals surface area contributed by atoms with Crippen LogP contribution in [0.5, 0.6) is 5.75 Å². The number of anilines is 1. The highest BCUT2D eigenvalue weighted by Gasteiger charge is 2.26. The summed E-state index contributed by atoms with van der Waals surface area (Å²) < 4.78 is 33.5. The van der Waals surface area contributed by atoms with E-state index in [-0.39, 0.29) is 10.9 Å². The molecular weight excluding hydrogens is 288 g/mol. The number of hydrogen-bond donors (Lipinski definition) is 2. The topological polar surface area (TPSA) is 81.4 Å². The Labute approximate surface area is 126 Å². The van der Waals surface area contributed by atoms with Crippen molar-refractivity contribution in [3.8, 4) is 5.75 Å². The van der Waals surface area contributed by atoms with Crippen LogP contribution in [0.4, 0.5) is 5.69 Å². The predicted octanol–water partition coefficient (Wildman–Crippen LogP) is 2.31. The van der Waals surface area contributed by atoms with E-state index in [0.29, 0.717) is 24.0 Å². The molecule has 21 heavy (non-hydrogen) atoms. The van der Waals surface area contributed by atoms with E-state index in [2.05, 4.69) is 18.6 Å². The van der Waals surface area contributed by atoms with Gasteiger partial charge in [0, 0.05) is 11.7 Å². The van der Waals surface area contributed by atoms with E-state index in [0.717, 1.165) is 24.8 Å².